The van der Waals surface area contributed by atoms with Crippen molar-refractivity contribution in [3.8, 4) is 23.6 Å². The highest BCUT2D eigenvalue weighted by molar-refractivity contribution is 6.21. The molecule has 0 atom stereocenters. The second kappa shape index (κ2) is 6.14. The third-order valence-corrected chi connectivity index (χ3v) is 2.44. The Hall–Kier alpha value is -2.92. The van der Waals surface area contributed by atoms with Crippen LogP contribution in [0.25, 0.3) is 0 Å². The first-order valence-electron chi connectivity index (χ1n) is 5.59. The Morgan fingerprint density at radius 3 is 1.58 bits per heavy atom. The van der Waals surface area contributed by atoms with E-state index in [0.717, 1.165) is 0 Å². The fourth-order valence-electron chi connectivity index (χ4n) is 1.53. The van der Waals surface area contributed by atoms with E-state index in [9.17, 15) is 0 Å². The number of benzene rings is 2. The summed E-state index contributed by atoms with van der Waals surface area (Å²) in [7, 11) is -0.0581. The summed E-state index contributed by atoms with van der Waals surface area (Å²) < 4.78 is 10.8. The van der Waals surface area contributed by atoms with E-state index in [1.165, 1.54) is 0 Å². The molecule has 0 saturated heterocycles. The monoisotopic (exact) mass is 248 g/mol. The third kappa shape index (κ3) is 3.05. The van der Waals surface area contributed by atoms with Crippen LogP contribution in [0.15, 0.2) is 48.5 Å². The lowest BCUT2D eigenvalue weighted by Crippen LogP contribution is -2.12. The first-order valence-corrected chi connectivity index (χ1v) is 5.59. The van der Waals surface area contributed by atoms with Crippen molar-refractivity contribution in [2.45, 2.75) is 0 Å². The SMILES string of the molecule is N#Cc1ccccc1OBOc1ccccc1C#N. The zero-order chi connectivity index (χ0) is 13.5. The van der Waals surface area contributed by atoms with Gasteiger partial charge in [-0.05, 0) is 24.3 Å². The topological polar surface area (TPSA) is 66.0 Å². The molecule has 2 aromatic rings. The van der Waals surface area contributed by atoms with Crippen LogP contribution in [0, 0.1) is 22.7 Å². The summed E-state index contributed by atoms with van der Waals surface area (Å²) in [6.07, 6.45) is 0. The van der Waals surface area contributed by atoms with Gasteiger partial charge in [-0.15, -0.1) is 0 Å². The molecule has 90 valence electrons. The Bertz CT molecular complexity index is 601. The fraction of sp³-hybridized carbons (Fsp3) is 0. The van der Waals surface area contributed by atoms with Crippen LogP contribution in [0.2, 0.25) is 0 Å². The van der Waals surface area contributed by atoms with Crippen molar-refractivity contribution in [2.24, 2.45) is 0 Å². The minimum Gasteiger partial charge on any atom is -0.527 e. The van der Waals surface area contributed by atoms with E-state index in [-0.39, 0.29) is 7.69 Å². The van der Waals surface area contributed by atoms with Gasteiger partial charge in [0.25, 0.3) is 0 Å². The number of hydrogen-bond donors (Lipinski definition) is 0. The van der Waals surface area contributed by atoms with Crippen molar-refractivity contribution in [3.05, 3.63) is 59.7 Å². The van der Waals surface area contributed by atoms with E-state index >= 15 is 0 Å². The summed E-state index contributed by atoms with van der Waals surface area (Å²) in [4.78, 5) is 0. The molecule has 0 saturated carbocycles. The fourth-order valence-corrected chi connectivity index (χ4v) is 1.53. The van der Waals surface area contributed by atoms with Crippen LogP contribution in [0.4, 0.5) is 0 Å². The van der Waals surface area contributed by atoms with Crippen molar-refractivity contribution < 1.29 is 9.31 Å². The Morgan fingerprint density at radius 1 is 0.737 bits per heavy atom. The minimum atomic E-state index is -0.0581. The maximum absolute atomic E-state index is 8.90. The molecule has 0 spiro atoms. The van der Waals surface area contributed by atoms with Gasteiger partial charge in [0.2, 0.25) is 0 Å². The minimum absolute atomic E-state index is 0.0581. The predicted molar refractivity (Wildman–Crippen MR) is 70.7 cm³/mol. The average Bonchev–Trinajstić information content (AvgIpc) is 2.48. The molecule has 0 bridgehead atoms. The van der Waals surface area contributed by atoms with Gasteiger partial charge in [0.1, 0.15) is 23.6 Å². The molecule has 4 nitrogen and oxygen atoms in total. The zero-order valence-corrected chi connectivity index (χ0v) is 10.0. The molecule has 0 aliphatic carbocycles. The van der Waals surface area contributed by atoms with Crippen LogP contribution in [0.1, 0.15) is 11.1 Å². The zero-order valence-electron chi connectivity index (χ0n) is 10.0. The number of para-hydroxylation sites is 2. The lowest BCUT2D eigenvalue weighted by Gasteiger charge is -2.09. The van der Waals surface area contributed by atoms with Gasteiger partial charge in [-0.1, -0.05) is 24.3 Å². The molecule has 0 radical (unpaired) electrons. The Balaban J connectivity index is 2.01. The van der Waals surface area contributed by atoms with E-state index in [0.29, 0.717) is 22.6 Å². The maximum atomic E-state index is 8.90. The Morgan fingerprint density at radius 2 is 1.16 bits per heavy atom. The van der Waals surface area contributed by atoms with E-state index in [4.69, 9.17) is 19.8 Å². The molecule has 2 aromatic carbocycles. The average molecular weight is 248 g/mol. The summed E-state index contributed by atoms with van der Waals surface area (Å²) in [5.74, 6) is 0.916. The van der Waals surface area contributed by atoms with Crippen LogP contribution in [-0.4, -0.2) is 7.69 Å². The number of rotatable bonds is 4. The summed E-state index contributed by atoms with van der Waals surface area (Å²) >= 11 is 0. The molecule has 0 aliphatic heterocycles. The van der Waals surface area contributed by atoms with E-state index in [2.05, 4.69) is 0 Å². The van der Waals surface area contributed by atoms with Crippen LogP contribution < -0.4 is 9.31 Å². The second-order valence-electron chi connectivity index (χ2n) is 3.62. The standard InChI is InChI=1S/C14H9BN2O2/c16-9-11-5-1-3-7-13(11)18-15-19-14-8-4-2-6-12(14)10-17/h1-8,15H. The Kier molecular flexibility index (Phi) is 4.05. The van der Waals surface area contributed by atoms with E-state index < -0.39 is 0 Å². The highest BCUT2D eigenvalue weighted by Gasteiger charge is 2.06. The molecule has 0 unspecified atom stereocenters. The lowest BCUT2D eigenvalue weighted by molar-refractivity contribution is 0.457. The Labute approximate surface area is 111 Å². The number of nitrogens with zero attached hydrogens (tertiary/aromatic N) is 2. The summed E-state index contributed by atoms with van der Waals surface area (Å²) in [6, 6.07) is 17.9. The summed E-state index contributed by atoms with van der Waals surface area (Å²) in [6.45, 7) is 0. The molecular weight excluding hydrogens is 239 g/mol. The van der Waals surface area contributed by atoms with Crippen molar-refractivity contribution in [2.75, 3.05) is 0 Å². The molecule has 0 heterocycles. The maximum Gasteiger partial charge on any atom is 0.576 e. The van der Waals surface area contributed by atoms with Crippen molar-refractivity contribution in [1.29, 1.82) is 10.5 Å². The van der Waals surface area contributed by atoms with Crippen molar-refractivity contribution in [3.63, 3.8) is 0 Å². The van der Waals surface area contributed by atoms with Crippen LogP contribution >= 0.6 is 0 Å². The lowest BCUT2D eigenvalue weighted by atomic mass is 10.2. The van der Waals surface area contributed by atoms with Gasteiger partial charge in [0, 0.05) is 0 Å². The quantitative estimate of drug-likeness (QED) is 0.777. The largest absolute Gasteiger partial charge is 0.576 e. The smallest absolute Gasteiger partial charge is 0.527 e. The van der Waals surface area contributed by atoms with Gasteiger partial charge in [-0.3, -0.25) is 0 Å². The van der Waals surface area contributed by atoms with Crippen molar-refractivity contribution in [1.82, 2.24) is 0 Å². The second-order valence-corrected chi connectivity index (χ2v) is 3.62. The summed E-state index contributed by atoms with van der Waals surface area (Å²) in [5, 5.41) is 17.8. The molecule has 0 N–H and O–H groups in total. The molecule has 0 amide bonds. The predicted octanol–water partition coefficient (Wildman–Crippen LogP) is 2.15. The molecule has 2 rings (SSSR count). The highest BCUT2D eigenvalue weighted by Crippen LogP contribution is 2.18. The van der Waals surface area contributed by atoms with Gasteiger partial charge >= 0.3 is 7.69 Å². The van der Waals surface area contributed by atoms with Crippen LogP contribution in [-0.2, 0) is 0 Å². The van der Waals surface area contributed by atoms with Crippen LogP contribution in [0.3, 0.4) is 0 Å². The van der Waals surface area contributed by atoms with Gasteiger partial charge in [-0.25, -0.2) is 0 Å². The molecule has 0 fully saturated rings. The first kappa shape index (κ1) is 12.5. The molecule has 19 heavy (non-hydrogen) atoms. The summed E-state index contributed by atoms with van der Waals surface area (Å²) in [5.41, 5.74) is 0.888. The van der Waals surface area contributed by atoms with E-state index in [1.54, 1.807) is 48.5 Å². The highest BCUT2D eigenvalue weighted by atomic mass is 16.6. The van der Waals surface area contributed by atoms with Crippen molar-refractivity contribution >= 4 is 7.69 Å². The van der Waals surface area contributed by atoms with Gasteiger partial charge in [-0.2, -0.15) is 10.5 Å². The molecule has 0 aliphatic rings. The van der Waals surface area contributed by atoms with Gasteiger partial charge < -0.3 is 9.31 Å². The van der Waals surface area contributed by atoms with E-state index in [1.807, 2.05) is 12.1 Å². The number of hydrogen-bond acceptors (Lipinski definition) is 4. The normalized spacial score (nSPS) is 8.95. The van der Waals surface area contributed by atoms with Crippen LogP contribution in [0.5, 0.6) is 11.5 Å². The van der Waals surface area contributed by atoms with Gasteiger partial charge in [0.15, 0.2) is 0 Å². The van der Waals surface area contributed by atoms with Gasteiger partial charge in [0.05, 0.1) is 11.1 Å². The molecule has 5 heteroatoms. The molecule has 0 aromatic heterocycles. The number of nitriles is 2. The first-order chi connectivity index (χ1) is 9.35. The third-order valence-electron chi connectivity index (χ3n) is 2.44. The molecular formula is C14H9BN2O2.